The molecule has 2 aromatic rings. The molecule has 2 N–H and O–H groups in total. The van der Waals surface area contributed by atoms with Crippen LogP contribution in [0.3, 0.4) is 0 Å². The highest BCUT2D eigenvalue weighted by atomic mass is 32.2. The molecule has 0 aliphatic heterocycles. The first-order chi connectivity index (χ1) is 13.9. The molecule has 2 aromatic carbocycles. The molecule has 30 heavy (non-hydrogen) atoms. The first-order valence-corrected chi connectivity index (χ1v) is 10.0. The number of nitrogens with one attached hydrogen (secondary N) is 1. The zero-order valence-corrected chi connectivity index (χ0v) is 16.5. The van der Waals surface area contributed by atoms with Crippen LogP contribution in [0.25, 0.3) is 0 Å². The third kappa shape index (κ3) is 5.96. The second-order valence-electron chi connectivity index (χ2n) is 6.26. The Morgan fingerprint density at radius 2 is 1.67 bits per heavy atom. The van der Waals surface area contributed by atoms with Crippen molar-refractivity contribution in [3.8, 4) is 5.75 Å². The lowest BCUT2D eigenvalue weighted by molar-refractivity contribution is -0.173. The molecule has 162 valence electrons. The molecule has 0 aliphatic carbocycles. The molecule has 0 fully saturated rings. The monoisotopic (exact) mass is 445 g/mol. The number of carboxylic acid groups (broad SMARTS) is 1. The van der Waals surface area contributed by atoms with E-state index in [4.69, 9.17) is 9.84 Å². The third-order valence-electron chi connectivity index (χ3n) is 4.00. The van der Waals surface area contributed by atoms with E-state index in [9.17, 15) is 31.2 Å². The molecule has 7 nitrogen and oxygen atoms in total. The van der Waals surface area contributed by atoms with Crippen molar-refractivity contribution in [1.29, 1.82) is 0 Å². The Labute approximate surface area is 170 Å². The minimum Gasteiger partial charge on any atom is -0.482 e. The average molecular weight is 445 g/mol. The van der Waals surface area contributed by atoms with Crippen molar-refractivity contribution in [3.05, 3.63) is 53.6 Å². The van der Waals surface area contributed by atoms with Crippen LogP contribution in [0.5, 0.6) is 5.75 Å². The van der Waals surface area contributed by atoms with E-state index in [1.165, 1.54) is 42.5 Å². The number of sulfone groups is 1. The van der Waals surface area contributed by atoms with E-state index in [1.54, 1.807) is 12.2 Å². The molecule has 0 spiro atoms. The summed E-state index contributed by atoms with van der Waals surface area (Å²) in [6.07, 6.45) is -4.86. The number of carbonyl (C=O) groups excluding carboxylic acids is 1. The Morgan fingerprint density at radius 3 is 2.20 bits per heavy atom. The molecule has 0 radical (unpaired) electrons. The molecule has 0 bridgehead atoms. The summed E-state index contributed by atoms with van der Waals surface area (Å²) in [6, 6.07) is 9.55. The smallest absolute Gasteiger partial charge is 0.471 e. The van der Waals surface area contributed by atoms with Crippen molar-refractivity contribution in [2.45, 2.75) is 29.3 Å². The topological polar surface area (TPSA) is 110 Å². The van der Waals surface area contributed by atoms with Crippen LogP contribution >= 0.6 is 0 Å². The molecule has 0 aliphatic rings. The minimum absolute atomic E-state index is 0.0205. The molecule has 11 heteroatoms. The van der Waals surface area contributed by atoms with Crippen LogP contribution in [0.4, 0.5) is 13.2 Å². The maximum absolute atomic E-state index is 12.8. The van der Waals surface area contributed by atoms with Crippen molar-refractivity contribution < 1.29 is 41.0 Å². The SMILES string of the molecule is Cc1cc(S(=O)(=O)c2ccc(CCNC(=O)C(F)(F)F)cc2)ccc1OCC(=O)O. The van der Waals surface area contributed by atoms with Gasteiger partial charge in [-0.2, -0.15) is 13.2 Å². The molecule has 1 amide bonds. The Morgan fingerprint density at radius 1 is 1.07 bits per heavy atom. The molecule has 0 atom stereocenters. The predicted molar refractivity (Wildman–Crippen MR) is 99.0 cm³/mol. The quantitative estimate of drug-likeness (QED) is 0.646. The highest BCUT2D eigenvalue weighted by Gasteiger charge is 2.38. The van der Waals surface area contributed by atoms with Crippen LogP contribution in [0, 0.1) is 6.92 Å². The molecule has 0 saturated carbocycles. The standard InChI is InChI=1S/C19H18F3NO6S/c1-12-10-15(6-7-16(12)29-11-17(24)25)30(27,28)14-4-2-13(3-5-14)8-9-23-18(26)19(20,21)22/h2-7,10H,8-9,11H2,1H3,(H,23,26)(H,24,25). The fraction of sp³-hybridized carbons (Fsp3) is 0.263. The fourth-order valence-corrected chi connectivity index (χ4v) is 3.83. The molecular formula is C19H18F3NO6S. The van der Waals surface area contributed by atoms with E-state index in [-0.39, 0.29) is 28.5 Å². The average Bonchev–Trinajstić information content (AvgIpc) is 2.66. The number of carboxylic acids is 1. The van der Waals surface area contributed by atoms with Crippen LogP contribution in [0.2, 0.25) is 0 Å². The number of carbonyl (C=O) groups is 2. The first-order valence-electron chi connectivity index (χ1n) is 8.55. The van der Waals surface area contributed by atoms with Gasteiger partial charge in [0, 0.05) is 6.54 Å². The summed E-state index contributed by atoms with van der Waals surface area (Å²) in [5.74, 6) is -2.95. The third-order valence-corrected chi connectivity index (χ3v) is 5.77. The van der Waals surface area contributed by atoms with Gasteiger partial charge in [0.05, 0.1) is 9.79 Å². The summed E-state index contributed by atoms with van der Waals surface area (Å²) in [5.41, 5.74) is 0.986. The maximum atomic E-state index is 12.8. The van der Waals surface area contributed by atoms with Gasteiger partial charge in [0.2, 0.25) is 9.84 Å². The van der Waals surface area contributed by atoms with Gasteiger partial charge in [0.1, 0.15) is 5.75 Å². The predicted octanol–water partition coefficient (Wildman–Crippen LogP) is 2.51. The number of rotatable bonds is 8. The van der Waals surface area contributed by atoms with Gasteiger partial charge in [-0.1, -0.05) is 12.1 Å². The minimum atomic E-state index is -4.95. The lowest BCUT2D eigenvalue weighted by Crippen LogP contribution is -2.37. The van der Waals surface area contributed by atoms with Crippen molar-refractivity contribution in [1.82, 2.24) is 5.32 Å². The highest BCUT2D eigenvalue weighted by molar-refractivity contribution is 7.91. The van der Waals surface area contributed by atoms with Gasteiger partial charge in [-0.25, -0.2) is 13.2 Å². The van der Waals surface area contributed by atoms with Crippen molar-refractivity contribution in [3.63, 3.8) is 0 Å². The van der Waals surface area contributed by atoms with Gasteiger partial charge >= 0.3 is 18.1 Å². The van der Waals surface area contributed by atoms with Gasteiger partial charge in [-0.3, -0.25) is 4.79 Å². The molecular weight excluding hydrogens is 427 g/mol. The van der Waals surface area contributed by atoms with Gasteiger partial charge in [-0.05, 0) is 54.8 Å². The summed E-state index contributed by atoms with van der Waals surface area (Å²) >= 11 is 0. The van der Waals surface area contributed by atoms with Crippen molar-refractivity contribution >= 4 is 21.7 Å². The van der Waals surface area contributed by atoms with Crippen LogP contribution in [0.15, 0.2) is 52.3 Å². The van der Waals surface area contributed by atoms with Crippen molar-refractivity contribution in [2.24, 2.45) is 0 Å². The summed E-state index contributed by atoms with van der Waals surface area (Å²) < 4.78 is 67.0. The number of hydrogen-bond donors (Lipinski definition) is 2. The molecule has 2 rings (SSSR count). The van der Waals surface area contributed by atoms with Crippen molar-refractivity contribution in [2.75, 3.05) is 13.2 Å². The number of benzene rings is 2. The van der Waals surface area contributed by atoms with Gasteiger partial charge in [-0.15, -0.1) is 0 Å². The van der Waals surface area contributed by atoms with Crippen LogP contribution in [-0.2, 0) is 25.8 Å². The lowest BCUT2D eigenvalue weighted by Gasteiger charge is -2.11. The van der Waals surface area contributed by atoms with Gasteiger partial charge in [0.15, 0.2) is 6.61 Å². The number of halogens is 3. The molecule has 0 aromatic heterocycles. The summed E-state index contributed by atoms with van der Waals surface area (Å²) in [7, 11) is -3.87. The van der Waals surface area contributed by atoms with Crippen LogP contribution < -0.4 is 10.1 Å². The number of hydrogen-bond acceptors (Lipinski definition) is 5. The normalized spacial score (nSPS) is 11.7. The molecule has 0 heterocycles. The van der Waals surface area contributed by atoms with E-state index >= 15 is 0 Å². The zero-order chi connectivity index (χ0) is 22.5. The fourth-order valence-electron chi connectivity index (χ4n) is 2.48. The van der Waals surface area contributed by atoms with E-state index in [1.807, 2.05) is 0 Å². The number of aryl methyl sites for hydroxylation is 1. The number of aliphatic carboxylic acids is 1. The zero-order valence-electron chi connectivity index (χ0n) is 15.7. The number of amides is 1. The number of alkyl halides is 3. The lowest BCUT2D eigenvalue weighted by atomic mass is 10.1. The number of ether oxygens (including phenoxy) is 1. The second kappa shape index (κ2) is 9.16. The van der Waals surface area contributed by atoms with Gasteiger partial charge < -0.3 is 15.2 Å². The Hall–Kier alpha value is -3.08. The largest absolute Gasteiger partial charge is 0.482 e. The van der Waals surface area contributed by atoms with E-state index in [0.29, 0.717) is 11.1 Å². The Balaban J connectivity index is 2.09. The van der Waals surface area contributed by atoms with Crippen LogP contribution in [-0.4, -0.2) is 44.7 Å². The van der Waals surface area contributed by atoms with E-state index < -0.39 is 34.5 Å². The first kappa shape index (κ1) is 23.2. The summed E-state index contributed by atoms with van der Waals surface area (Å²) in [4.78, 5) is 21.3. The van der Waals surface area contributed by atoms with Crippen LogP contribution in [0.1, 0.15) is 11.1 Å². The molecule has 0 saturated heterocycles. The second-order valence-corrected chi connectivity index (χ2v) is 8.21. The maximum Gasteiger partial charge on any atom is 0.471 e. The Bertz CT molecular complexity index is 1030. The van der Waals surface area contributed by atoms with E-state index in [2.05, 4.69) is 0 Å². The summed E-state index contributed by atoms with van der Waals surface area (Å²) in [5, 5.41) is 10.4. The Kier molecular flexibility index (Phi) is 7.08. The molecule has 0 unspecified atom stereocenters. The van der Waals surface area contributed by atoms with E-state index in [0.717, 1.165) is 0 Å². The van der Waals surface area contributed by atoms with Gasteiger partial charge in [0.25, 0.3) is 0 Å². The summed E-state index contributed by atoms with van der Waals surface area (Å²) in [6.45, 7) is 0.772. The highest BCUT2D eigenvalue weighted by Crippen LogP contribution is 2.26.